The van der Waals surface area contributed by atoms with Gasteiger partial charge in [-0.3, -0.25) is 9.69 Å². The second-order valence-corrected chi connectivity index (χ2v) is 12.8. The highest BCUT2D eigenvalue weighted by Gasteiger charge is 2.41. The number of hydrogen-bond donors (Lipinski definition) is 2. The number of aromatic nitrogens is 2. The topological polar surface area (TPSA) is 100 Å². The first kappa shape index (κ1) is 31.5. The first-order valence-corrected chi connectivity index (χ1v) is 15.7. The standard InChI is InChI=1S/C35H39F2N5O4/c1-5-26-28(37)11-10-21-13-25(43)15-27(31(21)26)22-14-29-32(45-19-22)33(42-12-8-7-9-24(18-42)38-30(44)6-2)40-34(39-29)46-20-35(3)16-23(36)17-41(35)4/h1,6,10-11,13,15,22-24,43H,2,7-9,12,14,16-20H2,3-4H3,(H,38,44)/t22-,23-,24?,35+/m1/s1. The third-order valence-corrected chi connectivity index (χ3v) is 9.50. The lowest BCUT2D eigenvalue weighted by Gasteiger charge is -2.33. The molecule has 2 aromatic carbocycles. The van der Waals surface area contributed by atoms with Gasteiger partial charge in [0, 0.05) is 49.8 Å². The zero-order valence-electron chi connectivity index (χ0n) is 26.2. The van der Waals surface area contributed by atoms with Crippen molar-refractivity contribution in [1.29, 1.82) is 0 Å². The van der Waals surface area contributed by atoms with E-state index in [1.54, 1.807) is 18.2 Å². The maximum absolute atomic E-state index is 14.8. The highest BCUT2D eigenvalue weighted by molar-refractivity contribution is 5.93. The van der Waals surface area contributed by atoms with Crippen molar-refractivity contribution in [2.24, 2.45) is 0 Å². The second-order valence-electron chi connectivity index (χ2n) is 12.8. The number of likely N-dealkylation sites (N-methyl/N-ethyl adjacent to an activating group) is 1. The van der Waals surface area contributed by atoms with Gasteiger partial charge in [0.1, 0.15) is 24.3 Å². The van der Waals surface area contributed by atoms with Crippen molar-refractivity contribution in [3.8, 4) is 29.9 Å². The van der Waals surface area contributed by atoms with Crippen LogP contribution in [0, 0.1) is 18.2 Å². The van der Waals surface area contributed by atoms with Crippen LogP contribution in [0.25, 0.3) is 10.8 Å². The van der Waals surface area contributed by atoms with Gasteiger partial charge in [-0.05, 0) is 68.5 Å². The van der Waals surface area contributed by atoms with Crippen molar-refractivity contribution < 1.29 is 28.2 Å². The maximum atomic E-state index is 14.8. The molecule has 2 fully saturated rings. The maximum Gasteiger partial charge on any atom is 0.318 e. The number of carbonyl (C=O) groups excluding carboxylic acids is 1. The Labute approximate surface area is 267 Å². The van der Waals surface area contributed by atoms with Crippen LogP contribution in [0.5, 0.6) is 17.5 Å². The van der Waals surface area contributed by atoms with Crippen LogP contribution in [0.4, 0.5) is 14.6 Å². The number of phenolic OH excluding ortho intramolecular Hbond substituents is 1. The molecule has 0 bridgehead atoms. The van der Waals surface area contributed by atoms with E-state index in [4.69, 9.17) is 25.9 Å². The highest BCUT2D eigenvalue weighted by atomic mass is 19.1. The van der Waals surface area contributed by atoms with Crippen molar-refractivity contribution in [2.45, 2.75) is 62.7 Å². The van der Waals surface area contributed by atoms with Gasteiger partial charge in [0.2, 0.25) is 5.91 Å². The van der Waals surface area contributed by atoms with Gasteiger partial charge in [0.15, 0.2) is 11.6 Å². The summed E-state index contributed by atoms with van der Waals surface area (Å²) in [5, 5.41) is 14.8. The summed E-state index contributed by atoms with van der Waals surface area (Å²) < 4.78 is 41.8. The fourth-order valence-corrected chi connectivity index (χ4v) is 6.94. The molecule has 2 N–H and O–H groups in total. The molecule has 3 aliphatic rings. The Hall–Kier alpha value is -4.43. The molecular formula is C35H39F2N5O4. The third kappa shape index (κ3) is 6.18. The average Bonchev–Trinajstić information content (AvgIpc) is 3.16. The molecule has 1 amide bonds. The molecule has 4 atom stereocenters. The van der Waals surface area contributed by atoms with Gasteiger partial charge in [0.25, 0.3) is 0 Å². The minimum atomic E-state index is -0.942. The molecule has 1 aromatic heterocycles. The minimum absolute atomic E-state index is 0.0348. The Morgan fingerprint density at radius 3 is 2.89 bits per heavy atom. The number of fused-ring (bicyclic) bond motifs is 2. The van der Waals surface area contributed by atoms with Crippen molar-refractivity contribution in [2.75, 3.05) is 44.8 Å². The zero-order chi connectivity index (χ0) is 32.6. The van der Waals surface area contributed by atoms with Gasteiger partial charge in [-0.15, -0.1) is 6.42 Å². The largest absolute Gasteiger partial charge is 0.508 e. The van der Waals surface area contributed by atoms with Gasteiger partial charge in [-0.2, -0.15) is 9.97 Å². The summed E-state index contributed by atoms with van der Waals surface area (Å²) in [4.78, 5) is 25.8. The summed E-state index contributed by atoms with van der Waals surface area (Å²) in [6.07, 6.45) is 9.40. The predicted molar refractivity (Wildman–Crippen MR) is 172 cm³/mol. The van der Waals surface area contributed by atoms with Gasteiger partial charge in [-0.1, -0.05) is 18.6 Å². The van der Waals surface area contributed by atoms with E-state index in [0.717, 1.165) is 19.3 Å². The molecule has 46 heavy (non-hydrogen) atoms. The van der Waals surface area contributed by atoms with E-state index < -0.39 is 17.5 Å². The number of amides is 1. The molecule has 9 nitrogen and oxygen atoms in total. The second kappa shape index (κ2) is 12.8. The van der Waals surface area contributed by atoms with Crippen LogP contribution in [0.1, 0.15) is 55.3 Å². The van der Waals surface area contributed by atoms with Gasteiger partial charge < -0.3 is 24.8 Å². The quantitative estimate of drug-likeness (QED) is 0.287. The number of phenols is 1. The van der Waals surface area contributed by atoms with E-state index in [2.05, 4.69) is 22.7 Å². The number of halogens is 2. The summed E-state index contributed by atoms with van der Waals surface area (Å²) in [7, 11) is 1.88. The molecule has 242 valence electrons. The number of alkyl halides is 1. The van der Waals surface area contributed by atoms with Crippen LogP contribution in [0.3, 0.4) is 0 Å². The van der Waals surface area contributed by atoms with E-state index >= 15 is 0 Å². The number of nitrogens with one attached hydrogen (secondary N) is 1. The van der Waals surface area contributed by atoms with Gasteiger partial charge >= 0.3 is 6.01 Å². The Bertz CT molecular complexity index is 1710. The number of nitrogens with zero attached hydrogens (tertiary/aromatic N) is 4. The molecule has 0 spiro atoms. The number of carbonyl (C=O) groups is 1. The van der Waals surface area contributed by atoms with Gasteiger partial charge in [0.05, 0.1) is 23.4 Å². The lowest BCUT2D eigenvalue weighted by atomic mass is 9.87. The number of hydrogen-bond acceptors (Lipinski definition) is 8. The first-order valence-electron chi connectivity index (χ1n) is 15.7. The number of likely N-dealkylation sites (tertiary alicyclic amines) is 1. The average molecular weight is 632 g/mol. The molecule has 0 aliphatic carbocycles. The fourth-order valence-electron chi connectivity index (χ4n) is 6.94. The molecule has 0 saturated carbocycles. The van der Waals surface area contributed by atoms with Crippen LogP contribution >= 0.6 is 0 Å². The molecule has 3 aliphatic heterocycles. The van der Waals surface area contributed by atoms with Crippen molar-refractivity contribution in [3.05, 3.63) is 59.6 Å². The predicted octanol–water partition coefficient (Wildman–Crippen LogP) is 4.65. The number of anilines is 1. The van der Waals surface area contributed by atoms with Crippen molar-refractivity contribution in [3.63, 3.8) is 0 Å². The van der Waals surface area contributed by atoms with E-state index in [1.165, 1.54) is 12.1 Å². The Balaban J connectivity index is 1.39. The van der Waals surface area contributed by atoms with E-state index in [9.17, 15) is 18.7 Å². The van der Waals surface area contributed by atoms with Crippen molar-refractivity contribution in [1.82, 2.24) is 20.2 Å². The molecule has 1 unspecified atom stereocenters. The zero-order valence-corrected chi connectivity index (χ0v) is 26.2. The molecule has 4 heterocycles. The molecular weight excluding hydrogens is 592 g/mol. The normalized spacial score (nSPS) is 24.8. The first-order chi connectivity index (χ1) is 22.1. The van der Waals surface area contributed by atoms with Crippen LogP contribution in [0.2, 0.25) is 0 Å². The monoisotopic (exact) mass is 631 g/mol. The SMILES string of the molecule is C#Cc1c(F)ccc2cc(O)cc([C@H]3COc4c(nc(OC[C@]5(C)C[C@@H](F)CN5C)nc4N4CCCCC(NC(=O)C=C)C4)C3)c12. The summed E-state index contributed by atoms with van der Waals surface area (Å²) in [5.41, 5.74) is 0.849. The Morgan fingerprint density at radius 2 is 2.15 bits per heavy atom. The van der Waals surface area contributed by atoms with Crippen LogP contribution in [-0.2, 0) is 11.2 Å². The van der Waals surface area contributed by atoms with Crippen LogP contribution in [-0.4, -0.2) is 83.5 Å². The highest BCUT2D eigenvalue weighted by Crippen LogP contribution is 2.42. The van der Waals surface area contributed by atoms with E-state index in [-0.39, 0.29) is 48.4 Å². The van der Waals surface area contributed by atoms with E-state index in [0.29, 0.717) is 66.1 Å². The minimum Gasteiger partial charge on any atom is -0.508 e. The summed E-state index contributed by atoms with van der Waals surface area (Å²) >= 11 is 0. The van der Waals surface area contributed by atoms with Crippen LogP contribution < -0.4 is 19.7 Å². The lowest BCUT2D eigenvalue weighted by molar-refractivity contribution is -0.117. The van der Waals surface area contributed by atoms with E-state index in [1.807, 2.05) is 18.9 Å². The molecule has 3 aromatic rings. The number of ether oxygens (including phenoxy) is 2. The lowest BCUT2D eigenvalue weighted by Crippen LogP contribution is -2.44. The van der Waals surface area contributed by atoms with Crippen LogP contribution in [0.15, 0.2) is 36.9 Å². The van der Waals surface area contributed by atoms with Crippen molar-refractivity contribution >= 4 is 22.5 Å². The summed E-state index contributed by atoms with van der Waals surface area (Å²) in [6, 6.07) is 6.08. The summed E-state index contributed by atoms with van der Waals surface area (Å²) in [6.45, 7) is 7.46. The number of benzene rings is 2. The smallest absolute Gasteiger partial charge is 0.318 e. The Kier molecular flexibility index (Phi) is 8.75. The molecule has 6 rings (SSSR count). The molecule has 0 radical (unpaired) electrons. The fraction of sp³-hybridized carbons (Fsp3) is 0.457. The van der Waals surface area contributed by atoms with Gasteiger partial charge in [-0.25, -0.2) is 8.78 Å². The molecule has 11 heteroatoms. The number of terminal acetylenes is 1. The summed E-state index contributed by atoms with van der Waals surface area (Å²) in [5.74, 6) is 2.52. The third-order valence-electron chi connectivity index (χ3n) is 9.50. The number of rotatable bonds is 7. The molecule has 2 saturated heterocycles. The number of aromatic hydroxyl groups is 1. The Morgan fingerprint density at radius 1 is 1.33 bits per heavy atom.